The molecule has 0 fully saturated rings. The van der Waals surface area contributed by atoms with E-state index in [2.05, 4.69) is 10.6 Å². The van der Waals surface area contributed by atoms with Crippen molar-refractivity contribution in [1.82, 2.24) is 5.32 Å². The van der Waals surface area contributed by atoms with E-state index in [1.807, 2.05) is 60.7 Å². The average molecular weight is 390 g/mol. The smallest absolute Gasteiger partial charge is 0.224 e. The van der Waals surface area contributed by atoms with Crippen molar-refractivity contribution in [2.24, 2.45) is 0 Å². The zero-order valence-electron chi connectivity index (χ0n) is 16.5. The van der Waals surface area contributed by atoms with Crippen LogP contribution in [0.2, 0.25) is 0 Å². The summed E-state index contributed by atoms with van der Waals surface area (Å²) >= 11 is 0. The molecule has 150 valence electrons. The molecule has 0 heterocycles. The minimum atomic E-state index is 0.00780. The van der Waals surface area contributed by atoms with Gasteiger partial charge in [0.2, 0.25) is 5.91 Å². The lowest BCUT2D eigenvalue weighted by molar-refractivity contribution is -0.120. The van der Waals surface area contributed by atoms with Crippen LogP contribution >= 0.6 is 0 Å². The van der Waals surface area contributed by atoms with Gasteiger partial charge in [0.15, 0.2) is 0 Å². The van der Waals surface area contributed by atoms with E-state index in [0.29, 0.717) is 19.5 Å². The van der Waals surface area contributed by atoms with Gasteiger partial charge in [-0.3, -0.25) is 4.79 Å². The minimum absolute atomic E-state index is 0.00780. The van der Waals surface area contributed by atoms with Crippen LogP contribution in [0.15, 0.2) is 72.8 Å². The van der Waals surface area contributed by atoms with Crippen LogP contribution in [0.25, 0.3) is 0 Å². The normalized spacial score (nSPS) is 10.4. The standard InChI is InChI=1S/C24H26N2O3/c1-29-22-12-8-18(9-13-22)14-15-25-24(28)16-19-6-10-21(11-7-19)26-17-20-4-2-3-5-23(20)27/h2-13,26-27H,14-17H2,1H3,(H,25,28). The Hall–Kier alpha value is -3.47. The van der Waals surface area contributed by atoms with Crippen LogP contribution in [0.5, 0.6) is 11.5 Å². The predicted octanol–water partition coefficient (Wildman–Crippen LogP) is 3.91. The Morgan fingerprint density at radius 2 is 1.62 bits per heavy atom. The third-order valence-electron chi connectivity index (χ3n) is 4.69. The van der Waals surface area contributed by atoms with Gasteiger partial charge in [0.1, 0.15) is 11.5 Å². The summed E-state index contributed by atoms with van der Waals surface area (Å²) in [7, 11) is 1.64. The first-order valence-corrected chi connectivity index (χ1v) is 9.63. The number of nitrogens with one attached hydrogen (secondary N) is 2. The lowest BCUT2D eigenvalue weighted by atomic mass is 10.1. The topological polar surface area (TPSA) is 70.6 Å². The summed E-state index contributed by atoms with van der Waals surface area (Å²) < 4.78 is 5.14. The molecule has 0 bridgehead atoms. The molecule has 0 saturated heterocycles. The number of phenolic OH excluding ortho intramolecular Hbond substituents is 1. The number of hydrogen-bond donors (Lipinski definition) is 3. The number of anilines is 1. The first-order chi connectivity index (χ1) is 14.1. The fourth-order valence-electron chi connectivity index (χ4n) is 2.98. The molecule has 0 saturated carbocycles. The number of methoxy groups -OCH3 is 1. The SMILES string of the molecule is COc1ccc(CCNC(=O)Cc2ccc(NCc3ccccc3O)cc2)cc1. The summed E-state index contributed by atoms with van der Waals surface area (Å²) in [6.07, 6.45) is 1.13. The number of amides is 1. The Labute approximate surface area is 171 Å². The van der Waals surface area contributed by atoms with Crippen LogP contribution in [0, 0.1) is 0 Å². The maximum absolute atomic E-state index is 12.2. The van der Waals surface area contributed by atoms with E-state index < -0.39 is 0 Å². The lowest BCUT2D eigenvalue weighted by Gasteiger charge is -2.09. The van der Waals surface area contributed by atoms with Gasteiger partial charge in [-0.25, -0.2) is 0 Å². The van der Waals surface area contributed by atoms with Crippen LogP contribution in [-0.4, -0.2) is 24.7 Å². The molecule has 0 aromatic heterocycles. The summed E-state index contributed by atoms with van der Waals surface area (Å²) in [6, 6.07) is 22.9. The zero-order valence-corrected chi connectivity index (χ0v) is 16.5. The number of carbonyl (C=O) groups is 1. The van der Waals surface area contributed by atoms with E-state index in [9.17, 15) is 9.90 Å². The van der Waals surface area contributed by atoms with Gasteiger partial charge in [-0.05, 0) is 47.9 Å². The molecule has 0 atom stereocenters. The molecular formula is C24H26N2O3. The van der Waals surface area contributed by atoms with Gasteiger partial charge in [-0.1, -0.05) is 42.5 Å². The van der Waals surface area contributed by atoms with E-state index in [0.717, 1.165) is 34.5 Å². The lowest BCUT2D eigenvalue weighted by Crippen LogP contribution is -2.27. The first-order valence-electron chi connectivity index (χ1n) is 9.63. The number of hydrogen-bond acceptors (Lipinski definition) is 4. The van der Waals surface area contributed by atoms with Crippen LogP contribution in [0.1, 0.15) is 16.7 Å². The summed E-state index contributed by atoms with van der Waals surface area (Å²) in [6.45, 7) is 1.14. The number of ether oxygens (including phenoxy) is 1. The molecule has 5 nitrogen and oxygen atoms in total. The zero-order chi connectivity index (χ0) is 20.5. The number of carbonyl (C=O) groups excluding carboxylic acids is 1. The molecule has 0 aliphatic rings. The first kappa shape index (κ1) is 20.3. The molecule has 1 amide bonds. The summed E-state index contributed by atoms with van der Waals surface area (Å²) in [5.41, 5.74) is 3.90. The van der Waals surface area contributed by atoms with Crippen molar-refractivity contribution in [2.75, 3.05) is 19.0 Å². The minimum Gasteiger partial charge on any atom is -0.508 e. The highest BCUT2D eigenvalue weighted by Gasteiger charge is 2.04. The molecule has 0 aliphatic heterocycles. The maximum Gasteiger partial charge on any atom is 0.224 e. The van der Waals surface area contributed by atoms with Gasteiger partial charge in [0.25, 0.3) is 0 Å². The second-order valence-corrected chi connectivity index (χ2v) is 6.80. The van der Waals surface area contributed by atoms with Crippen molar-refractivity contribution in [3.05, 3.63) is 89.5 Å². The summed E-state index contributed by atoms with van der Waals surface area (Å²) in [5, 5.41) is 16.0. The molecular weight excluding hydrogens is 364 g/mol. The Balaban J connectivity index is 1.41. The third-order valence-corrected chi connectivity index (χ3v) is 4.69. The van der Waals surface area contributed by atoms with E-state index in [4.69, 9.17) is 4.74 Å². The van der Waals surface area contributed by atoms with Gasteiger partial charge in [-0.15, -0.1) is 0 Å². The van der Waals surface area contributed by atoms with Crippen molar-refractivity contribution in [3.8, 4) is 11.5 Å². The van der Waals surface area contributed by atoms with Gasteiger partial charge >= 0.3 is 0 Å². The highest BCUT2D eigenvalue weighted by molar-refractivity contribution is 5.78. The van der Waals surface area contributed by atoms with Crippen molar-refractivity contribution < 1.29 is 14.6 Å². The summed E-state index contributed by atoms with van der Waals surface area (Å²) in [4.78, 5) is 12.2. The Morgan fingerprint density at radius 1 is 0.931 bits per heavy atom. The van der Waals surface area contributed by atoms with Crippen LogP contribution < -0.4 is 15.4 Å². The van der Waals surface area contributed by atoms with Gasteiger partial charge < -0.3 is 20.5 Å². The monoisotopic (exact) mass is 390 g/mol. The number of para-hydroxylation sites is 1. The van der Waals surface area contributed by atoms with Gasteiger partial charge in [0, 0.05) is 24.3 Å². The Bertz CT molecular complexity index is 922. The molecule has 3 aromatic carbocycles. The van der Waals surface area contributed by atoms with Crippen LogP contribution in [-0.2, 0) is 24.2 Å². The third kappa shape index (κ3) is 6.28. The summed E-state index contributed by atoms with van der Waals surface area (Å²) in [5.74, 6) is 1.12. The molecule has 0 radical (unpaired) electrons. The van der Waals surface area contributed by atoms with Crippen molar-refractivity contribution >= 4 is 11.6 Å². The molecule has 29 heavy (non-hydrogen) atoms. The van der Waals surface area contributed by atoms with E-state index in [-0.39, 0.29) is 11.7 Å². The molecule has 3 N–H and O–H groups in total. The Kier molecular flexibility index (Phi) is 7.11. The number of rotatable bonds is 9. The molecule has 5 heteroatoms. The molecule has 0 aliphatic carbocycles. The van der Waals surface area contributed by atoms with Crippen molar-refractivity contribution in [2.45, 2.75) is 19.4 Å². The highest BCUT2D eigenvalue weighted by atomic mass is 16.5. The van der Waals surface area contributed by atoms with E-state index in [1.54, 1.807) is 19.2 Å². The van der Waals surface area contributed by atoms with Gasteiger partial charge in [-0.2, -0.15) is 0 Å². The Morgan fingerprint density at radius 3 is 2.31 bits per heavy atom. The average Bonchev–Trinajstić information content (AvgIpc) is 2.75. The molecule has 0 spiro atoms. The quantitative estimate of drug-likeness (QED) is 0.518. The second-order valence-electron chi connectivity index (χ2n) is 6.80. The highest BCUT2D eigenvalue weighted by Crippen LogP contribution is 2.18. The van der Waals surface area contributed by atoms with E-state index in [1.165, 1.54) is 0 Å². The number of phenols is 1. The van der Waals surface area contributed by atoms with Gasteiger partial charge in [0.05, 0.1) is 13.5 Å². The number of benzene rings is 3. The predicted molar refractivity (Wildman–Crippen MR) is 115 cm³/mol. The second kappa shape index (κ2) is 10.2. The maximum atomic E-state index is 12.2. The number of aromatic hydroxyl groups is 1. The van der Waals surface area contributed by atoms with Crippen molar-refractivity contribution in [3.63, 3.8) is 0 Å². The fourth-order valence-corrected chi connectivity index (χ4v) is 2.98. The fraction of sp³-hybridized carbons (Fsp3) is 0.208. The molecule has 3 rings (SSSR count). The van der Waals surface area contributed by atoms with Crippen LogP contribution in [0.4, 0.5) is 5.69 Å². The largest absolute Gasteiger partial charge is 0.508 e. The molecule has 3 aromatic rings. The molecule has 0 unspecified atom stereocenters. The van der Waals surface area contributed by atoms with Crippen LogP contribution in [0.3, 0.4) is 0 Å². The van der Waals surface area contributed by atoms with Crippen molar-refractivity contribution in [1.29, 1.82) is 0 Å². The van der Waals surface area contributed by atoms with E-state index >= 15 is 0 Å².